The molecule has 1 amide bonds. The first-order chi connectivity index (χ1) is 23.7. The van der Waals surface area contributed by atoms with Crippen molar-refractivity contribution in [2.75, 3.05) is 19.8 Å². The third-order valence-electron chi connectivity index (χ3n) is 14.0. The van der Waals surface area contributed by atoms with Crippen LogP contribution in [0.2, 0.25) is 0 Å². The van der Waals surface area contributed by atoms with Gasteiger partial charge in [0.05, 0.1) is 18.6 Å². The molecule has 6 rings (SSSR count). The van der Waals surface area contributed by atoms with Gasteiger partial charge < -0.3 is 25.0 Å². The Labute approximate surface area is 296 Å². The Morgan fingerprint density at radius 2 is 1.78 bits per heavy atom. The van der Waals surface area contributed by atoms with Gasteiger partial charge in [-0.3, -0.25) is 19.2 Å². The third kappa shape index (κ3) is 6.63. The average Bonchev–Trinajstić information content (AvgIpc) is 3.37. The Morgan fingerprint density at radius 3 is 2.52 bits per heavy atom. The molecule has 3 saturated carbocycles. The number of ether oxygens (including phenoxy) is 2. The van der Waals surface area contributed by atoms with E-state index in [1.54, 1.807) is 6.08 Å². The van der Waals surface area contributed by atoms with Gasteiger partial charge in [-0.15, -0.1) is 0 Å². The van der Waals surface area contributed by atoms with Gasteiger partial charge in [0.15, 0.2) is 12.4 Å². The summed E-state index contributed by atoms with van der Waals surface area (Å²) in [5.74, 6) is -0.747. The van der Waals surface area contributed by atoms with Crippen molar-refractivity contribution in [3.63, 3.8) is 0 Å². The largest absolute Gasteiger partial charge is 0.458 e. The lowest BCUT2D eigenvalue weighted by Gasteiger charge is -2.60. The monoisotopic (exact) mass is 691 g/mol. The number of hydrogen-bond acceptors (Lipinski definition) is 8. The van der Waals surface area contributed by atoms with Crippen LogP contribution in [0.15, 0.2) is 42.0 Å². The van der Waals surface area contributed by atoms with Crippen LogP contribution in [0.25, 0.3) is 0 Å². The molecule has 5 aliphatic rings. The molecule has 0 bridgehead atoms. The van der Waals surface area contributed by atoms with Gasteiger partial charge in [-0.1, -0.05) is 63.6 Å². The number of esters is 1. The molecule has 1 saturated heterocycles. The van der Waals surface area contributed by atoms with Gasteiger partial charge in [0.1, 0.15) is 5.60 Å². The van der Waals surface area contributed by atoms with Gasteiger partial charge in [0.25, 0.3) is 0 Å². The van der Waals surface area contributed by atoms with Gasteiger partial charge in [-0.25, -0.2) is 0 Å². The lowest BCUT2D eigenvalue weighted by atomic mass is 9.45. The average molecular weight is 692 g/mol. The molecule has 9 nitrogen and oxygen atoms in total. The van der Waals surface area contributed by atoms with Crippen molar-refractivity contribution in [1.82, 2.24) is 5.32 Å². The predicted molar refractivity (Wildman–Crippen MR) is 188 cm³/mol. The summed E-state index contributed by atoms with van der Waals surface area (Å²) in [6.07, 6.45) is 7.56. The fourth-order valence-electron chi connectivity index (χ4n) is 11.0. The molecule has 9 atom stereocenters. The first-order valence-electron chi connectivity index (χ1n) is 19.0. The number of carbonyl (C=O) groups excluding carboxylic acids is 4. The van der Waals surface area contributed by atoms with Crippen LogP contribution in [0.1, 0.15) is 110 Å². The van der Waals surface area contributed by atoms with E-state index < -0.39 is 35.5 Å². The number of fused-ring (bicyclic) bond motifs is 5. The zero-order chi connectivity index (χ0) is 35.9. The van der Waals surface area contributed by atoms with Gasteiger partial charge in [0.2, 0.25) is 11.7 Å². The number of hydrogen-bond donors (Lipinski definition) is 3. The summed E-state index contributed by atoms with van der Waals surface area (Å²) < 4.78 is 11.4. The van der Waals surface area contributed by atoms with E-state index in [0.29, 0.717) is 31.9 Å². The summed E-state index contributed by atoms with van der Waals surface area (Å²) in [7, 11) is 0. The Kier molecular flexibility index (Phi) is 10.5. The standard InChI is InChI=1S/C41H57NO8/c1-26(2)33-24-40(19-21-49-33,27-8-6-5-7-9-27)18-20-42-35(46)12-13-36(47)50-25-34(45)41(48)17-15-31-30-11-10-28-22-29(43)14-16-38(28,3)37(30)32(44)23-39(31,41)4/h5-9,22,26,30-33,37,44,48H,10-21,23-25H2,1-4H3,(H,42,46)/t30-,31-,32-,33+,37+,38-,39-,40-,41-/m0/s1. The summed E-state index contributed by atoms with van der Waals surface area (Å²) >= 11 is 0. The highest BCUT2D eigenvalue weighted by atomic mass is 16.5. The highest BCUT2D eigenvalue weighted by molar-refractivity contribution is 5.92. The van der Waals surface area contributed by atoms with Crippen LogP contribution >= 0.6 is 0 Å². The third-order valence-corrected chi connectivity index (χ3v) is 14.0. The fraction of sp³-hybridized carbons (Fsp3) is 0.707. The first kappa shape index (κ1) is 36.9. The number of carbonyl (C=O) groups is 4. The van der Waals surface area contributed by atoms with Crippen LogP contribution in [0.5, 0.6) is 0 Å². The van der Waals surface area contributed by atoms with Gasteiger partial charge in [-0.05, 0) is 98.5 Å². The van der Waals surface area contributed by atoms with Crippen molar-refractivity contribution in [3.05, 3.63) is 47.5 Å². The van der Waals surface area contributed by atoms with Crippen LogP contribution in [0.3, 0.4) is 0 Å². The Bertz CT molecular complexity index is 1490. The molecule has 1 aliphatic heterocycles. The zero-order valence-corrected chi connectivity index (χ0v) is 30.4. The molecule has 1 aromatic rings. The lowest BCUT2D eigenvalue weighted by molar-refractivity contribution is -0.184. The van der Waals surface area contributed by atoms with Crippen LogP contribution in [-0.2, 0) is 34.1 Å². The molecule has 4 aliphatic carbocycles. The van der Waals surface area contributed by atoms with Crippen molar-refractivity contribution in [1.29, 1.82) is 0 Å². The van der Waals surface area contributed by atoms with Crippen molar-refractivity contribution in [3.8, 4) is 0 Å². The van der Waals surface area contributed by atoms with Gasteiger partial charge in [0, 0.05) is 36.8 Å². The number of aliphatic hydroxyl groups excluding tert-OH is 1. The van der Waals surface area contributed by atoms with Crippen LogP contribution < -0.4 is 5.32 Å². The SMILES string of the molecule is CC(C)[C@H]1C[C@@](CCNC(=O)CCC(=O)OCC(=O)[C@@]2(O)CC[C@H]3[C@@H]4CCC5=CC(=O)CC[C@]5(C)[C@H]4[C@@H](O)C[C@@]32C)(c2ccccc2)CCO1. The van der Waals surface area contributed by atoms with E-state index in [2.05, 4.69) is 50.4 Å². The van der Waals surface area contributed by atoms with Gasteiger partial charge in [-0.2, -0.15) is 0 Å². The van der Waals surface area contributed by atoms with Crippen LogP contribution in [0, 0.1) is 34.5 Å². The van der Waals surface area contributed by atoms with Crippen molar-refractivity contribution in [2.45, 2.75) is 128 Å². The molecular weight excluding hydrogens is 634 g/mol. The lowest BCUT2D eigenvalue weighted by Crippen LogP contribution is -2.62. The minimum absolute atomic E-state index is 0.0207. The molecule has 0 unspecified atom stereocenters. The molecule has 274 valence electrons. The van der Waals surface area contributed by atoms with Crippen molar-refractivity contribution < 1.29 is 38.9 Å². The number of ketones is 2. The summed E-state index contributed by atoms with van der Waals surface area (Å²) in [6.45, 7) is 9.02. The number of aliphatic hydroxyl groups is 2. The van der Waals surface area contributed by atoms with E-state index in [0.717, 1.165) is 44.1 Å². The molecule has 1 aromatic carbocycles. The predicted octanol–water partition coefficient (Wildman–Crippen LogP) is 5.39. The highest BCUT2D eigenvalue weighted by Crippen LogP contribution is 2.67. The van der Waals surface area contributed by atoms with E-state index in [-0.39, 0.29) is 72.1 Å². The molecule has 4 fully saturated rings. The second-order valence-corrected chi connectivity index (χ2v) is 16.9. The molecule has 0 radical (unpaired) electrons. The van der Waals surface area contributed by atoms with Gasteiger partial charge >= 0.3 is 5.97 Å². The molecule has 0 aromatic heterocycles. The topological polar surface area (TPSA) is 139 Å². The number of amides is 1. The number of Topliss-reactive ketones (excluding diaryl/α,β-unsaturated/α-hetero) is 1. The molecule has 9 heteroatoms. The quantitative estimate of drug-likeness (QED) is 0.263. The fourth-order valence-corrected chi connectivity index (χ4v) is 11.0. The summed E-state index contributed by atoms with van der Waals surface area (Å²) in [4.78, 5) is 51.3. The zero-order valence-electron chi connectivity index (χ0n) is 30.4. The smallest absolute Gasteiger partial charge is 0.306 e. The van der Waals surface area contributed by atoms with Crippen LogP contribution in [-0.4, -0.2) is 71.2 Å². The Balaban J connectivity index is 0.996. The number of allylic oxidation sites excluding steroid dienone is 1. The number of nitrogens with one attached hydrogen (secondary N) is 1. The summed E-state index contributed by atoms with van der Waals surface area (Å²) in [5.41, 5.74) is -0.529. The first-order valence-corrected chi connectivity index (χ1v) is 19.0. The second kappa shape index (κ2) is 14.3. The van der Waals surface area contributed by atoms with E-state index in [4.69, 9.17) is 9.47 Å². The summed E-state index contributed by atoms with van der Waals surface area (Å²) in [6, 6.07) is 10.4. The second-order valence-electron chi connectivity index (χ2n) is 16.9. The maximum Gasteiger partial charge on any atom is 0.306 e. The van der Waals surface area contributed by atoms with E-state index in [1.165, 1.54) is 5.56 Å². The molecule has 1 heterocycles. The molecule has 0 spiro atoms. The molecule has 50 heavy (non-hydrogen) atoms. The van der Waals surface area contributed by atoms with E-state index in [9.17, 15) is 29.4 Å². The number of benzene rings is 1. The minimum atomic E-state index is -1.71. The van der Waals surface area contributed by atoms with E-state index >= 15 is 0 Å². The molecule has 3 N–H and O–H groups in total. The van der Waals surface area contributed by atoms with E-state index in [1.807, 2.05) is 13.0 Å². The Hall–Kier alpha value is -2.88. The highest BCUT2D eigenvalue weighted by Gasteiger charge is 2.68. The van der Waals surface area contributed by atoms with Crippen molar-refractivity contribution in [2.24, 2.45) is 34.5 Å². The minimum Gasteiger partial charge on any atom is -0.458 e. The number of rotatable bonds is 11. The van der Waals surface area contributed by atoms with Crippen LogP contribution in [0.4, 0.5) is 0 Å². The molecular formula is C41H57NO8. The maximum atomic E-state index is 13.6. The van der Waals surface area contributed by atoms with Crippen molar-refractivity contribution >= 4 is 23.4 Å². The maximum absolute atomic E-state index is 13.6. The normalized spacial score (nSPS) is 38.0. The summed E-state index contributed by atoms with van der Waals surface area (Å²) in [5, 5.41) is 26.6. The Morgan fingerprint density at radius 1 is 1.02 bits per heavy atom.